The number of thioether (sulfide) groups is 1. The standard InChI is InChI=1S/C28H28FN3O5S/c1-5-12-37-27(34)25-17(2)31-28-32(26(25)19-8-11-22(35-3)23(13-19)36-4)21(16-38-28)14-24(33)30-15-18-6-9-20(29)10-7-18/h5-11,13,16,26H,1,12,14-15H2,2-4H3,(H,30,33)/t26-/m1/s1. The van der Waals surface area contributed by atoms with Crippen molar-refractivity contribution in [3.8, 4) is 11.5 Å². The van der Waals surface area contributed by atoms with Crippen LogP contribution in [0.25, 0.3) is 0 Å². The number of carbonyl (C=O) groups excluding carboxylic acids is 2. The lowest BCUT2D eigenvalue weighted by Crippen LogP contribution is -2.38. The van der Waals surface area contributed by atoms with Crippen molar-refractivity contribution in [1.82, 2.24) is 10.2 Å². The molecule has 38 heavy (non-hydrogen) atoms. The third kappa shape index (κ3) is 5.75. The molecule has 8 nitrogen and oxygen atoms in total. The summed E-state index contributed by atoms with van der Waals surface area (Å²) in [5.41, 5.74) is 3.06. The Kier molecular flexibility index (Phi) is 8.52. The number of hydrogen-bond donors (Lipinski definition) is 1. The highest BCUT2D eigenvalue weighted by Crippen LogP contribution is 2.46. The number of allylic oxidation sites excluding steroid dienone is 1. The Morgan fingerprint density at radius 1 is 1.16 bits per heavy atom. The summed E-state index contributed by atoms with van der Waals surface area (Å²) in [6, 6.07) is 10.7. The van der Waals surface area contributed by atoms with E-state index in [1.54, 1.807) is 38.3 Å². The molecule has 4 rings (SSSR count). The van der Waals surface area contributed by atoms with Crippen LogP contribution in [0.15, 0.2) is 82.5 Å². The van der Waals surface area contributed by atoms with E-state index in [4.69, 9.17) is 14.2 Å². The average Bonchev–Trinajstić information content (AvgIpc) is 3.31. The fourth-order valence-electron chi connectivity index (χ4n) is 4.21. The summed E-state index contributed by atoms with van der Waals surface area (Å²) < 4.78 is 29.5. The van der Waals surface area contributed by atoms with Crippen LogP contribution in [0.4, 0.5) is 4.39 Å². The number of halogens is 1. The van der Waals surface area contributed by atoms with Crippen LogP contribution in [-0.4, -0.2) is 42.8 Å². The van der Waals surface area contributed by atoms with Crippen molar-refractivity contribution < 1.29 is 28.2 Å². The molecule has 0 radical (unpaired) electrons. The number of ether oxygens (including phenoxy) is 3. The van der Waals surface area contributed by atoms with Gasteiger partial charge >= 0.3 is 5.97 Å². The Morgan fingerprint density at radius 3 is 2.58 bits per heavy atom. The van der Waals surface area contributed by atoms with Gasteiger partial charge in [-0.05, 0) is 47.7 Å². The van der Waals surface area contributed by atoms with Gasteiger partial charge in [-0.25, -0.2) is 14.2 Å². The van der Waals surface area contributed by atoms with Gasteiger partial charge in [-0.15, -0.1) is 0 Å². The predicted molar refractivity (Wildman–Crippen MR) is 144 cm³/mol. The van der Waals surface area contributed by atoms with Gasteiger partial charge in [0.05, 0.1) is 38.0 Å². The zero-order valence-corrected chi connectivity index (χ0v) is 22.1. The summed E-state index contributed by atoms with van der Waals surface area (Å²) in [5.74, 6) is -0.0428. The van der Waals surface area contributed by atoms with Gasteiger partial charge in [-0.1, -0.05) is 42.6 Å². The molecule has 0 unspecified atom stereocenters. The molecular formula is C28H28FN3O5S. The number of rotatable bonds is 10. The molecule has 1 amide bonds. The summed E-state index contributed by atoms with van der Waals surface area (Å²) in [5, 5.41) is 5.37. The van der Waals surface area contributed by atoms with Crippen LogP contribution in [0.5, 0.6) is 11.5 Å². The fraction of sp³-hybridized carbons (Fsp3) is 0.250. The molecule has 2 aromatic carbocycles. The van der Waals surface area contributed by atoms with Crippen LogP contribution in [0.1, 0.15) is 30.5 Å². The van der Waals surface area contributed by atoms with Crippen molar-refractivity contribution >= 4 is 28.8 Å². The van der Waals surface area contributed by atoms with Crippen LogP contribution < -0.4 is 14.8 Å². The lowest BCUT2D eigenvalue weighted by molar-refractivity contribution is -0.138. The van der Waals surface area contributed by atoms with Crippen LogP contribution in [0, 0.1) is 5.82 Å². The highest BCUT2D eigenvalue weighted by Gasteiger charge is 2.41. The molecule has 1 atom stereocenters. The van der Waals surface area contributed by atoms with Crippen LogP contribution in [0.2, 0.25) is 0 Å². The molecule has 0 aromatic heterocycles. The van der Waals surface area contributed by atoms with E-state index in [1.165, 1.54) is 37.1 Å². The molecule has 10 heteroatoms. The Balaban J connectivity index is 1.64. The minimum absolute atomic E-state index is 0.0467. The first-order chi connectivity index (χ1) is 18.4. The van der Waals surface area contributed by atoms with Gasteiger partial charge in [0.1, 0.15) is 12.4 Å². The molecule has 2 heterocycles. The number of nitrogens with one attached hydrogen (secondary N) is 1. The summed E-state index contributed by atoms with van der Waals surface area (Å²) >= 11 is 1.38. The molecule has 0 fully saturated rings. The minimum atomic E-state index is -0.620. The van der Waals surface area contributed by atoms with E-state index in [0.717, 1.165) is 11.1 Å². The Morgan fingerprint density at radius 2 is 1.89 bits per heavy atom. The number of hydrogen-bond acceptors (Lipinski definition) is 8. The average molecular weight is 538 g/mol. The maximum atomic E-state index is 13.2. The second-order valence-electron chi connectivity index (χ2n) is 8.47. The van der Waals surface area contributed by atoms with Gasteiger partial charge < -0.3 is 24.4 Å². The molecule has 2 aromatic rings. The number of benzene rings is 2. The van der Waals surface area contributed by atoms with Crippen LogP contribution >= 0.6 is 11.8 Å². The van der Waals surface area contributed by atoms with Crippen molar-refractivity contribution in [2.24, 2.45) is 4.99 Å². The van der Waals surface area contributed by atoms with Crippen molar-refractivity contribution in [3.05, 3.63) is 94.4 Å². The quantitative estimate of drug-likeness (QED) is 0.342. The molecule has 1 N–H and O–H groups in total. The van der Waals surface area contributed by atoms with Crippen molar-refractivity contribution in [2.45, 2.75) is 25.9 Å². The summed E-state index contributed by atoms with van der Waals surface area (Å²) in [4.78, 5) is 32.7. The number of carbonyl (C=O) groups is 2. The first-order valence-electron chi connectivity index (χ1n) is 11.8. The monoisotopic (exact) mass is 537 g/mol. The van der Waals surface area contributed by atoms with Gasteiger partial charge in [-0.3, -0.25) is 4.79 Å². The van der Waals surface area contributed by atoms with E-state index in [0.29, 0.717) is 33.6 Å². The summed E-state index contributed by atoms with van der Waals surface area (Å²) in [7, 11) is 3.09. The summed E-state index contributed by atoms with van der Waals surface area (Å²) in [6.07, 6.45) is 1.55. The number of nitrogens with zero attached hydrogens (tertiary/aromatic N) is 2. The number of methoxy groups -OCH3 is 2. The fourth-order valence-corrected chi connectivity index (χ4v) is 5.18. The molecule has 198 valence electrons. The maximum Gasteiger partial charge on any atom is 0.338 e. The van der Waals surface area contributed by atoms with Gasteiger partial charge in [0.25, 0.3) is 0 Å². The molecule has 0 bridgehead atoms. The van der Waals surface area contributed by atoms with Crippen LogP contribution in [-0.2, 0) is 20.9 Å². The topological polar surface area (TPSA) is 89.5 Å². The third-order valence-electron chi connectivity index (χ3n) is 6.02. The smallest absolute Gasteiger partial charge is 0.338 e. The molecule has 0 saturated heterocycles. The van der Waals surface area contributed by atoms with Crippen molar-refractivity contribution in [1.29, 1.82) is 0 Å². The first kappa shape index (κ1) is 27.0. The number of esters is 1. The van der Waals surface area contributed by atoms with E-state index in [2.05, 4.69) is 16.9 Å². The second-order valence-corrected chi connectivity index (χ2v) is 9.31. The lowest BCUT2D eigenvalue weighted by atomic mass is 9.93. The number of amidine groups is 1. The van der Waals surface area contributed by atoms with E-state index in [1.807, 2.05) is 16.4 Å². The molecular weight excluding hydrogens is 509 g/mol. The zero-order valence-electron chi connectivity index (χ0n) is 21.3. The van der Waals surface area contributed by atoms with E-state index >= 15 is 0 Å². The highest BCUT2D eigenvalue weighted by atomic mass is 32.2. The number of amides is 1. The normalized spacial score (nSPS) is 16.3. The van der Waals surface area contributed by atoms with Crippen molar-refractivity contribution in [3.63, 3.8) is 0 Å². The van der Waals surface area contributed by atoms with Crippen LogP contribution in [0.3, 0.4) is 0 Å². The predicted octanol–water partition coefficient (Wildman–Crippen LogP) is 4.85. The number of aliphatic imine (C=N–C) groups is 1. The van der Waals surface area contributed by atoms with E-state index in [9.17, 15) is 14.0 Å². The van der Waals surface area contributed by atoms with Gasteiger partial charge in [0, 0.05) is 12.2 Å². The largest absolute Gasteiger partial charge is 0.493 e. The molecule has 0 spiro atoms. The highest BCUT2D eigenvalue weighted by molar-refractivity contribution is 8.16. The number of fused-ring (bicyclic) bond motifs is 1. The SMILES string of the molecule is C=CCOC(=O)C1=C(C)N=C2SC=C(CC(=O)NCc3ccc(F)cc3)N2[C@@H]1c1ccc(OC)c(OC)c1. The van der Waals surface area contributed by atoms with E-state index < -0.39 is 12.0 Å². The van der Waals surface area contributed by atoms with Gasteiger partial charge in [0.2, 0.25) is 5.91 Å². The Bertz CT molecular complexity index is 1340. The lowest BCUT2D eigenvalue weighted by Gasteiger charge is -2.36. The zero-order chi connectivity index (χ0) is 27.2. The Hall–Kier alpha value is -4.05. The van der Waals surface area contributed by atoms with Gasteiger partial charge in [0.15, 0.2) is 16.7 Å². The van der Waals surface area contributed by atoms with Gasteiger partial charge in [-0.2, -0.15) is 0 Å². The molecule has 0 saturated carbocycles. The maximum absolute atomic E-state index is 13.2. The molecule has 2 aliphatic heterocycles. The third-order valence-corrected chi connectivity index (χ3v) is 6.91. The minimum Gasteiger partial charge on any atom is -0.493 e. The first-order valence-corrected chi connectivity index (χ1v) is 12.7. The van der Waals surface area contributed by atoms with Crippen molar-refractivity contribution in [2.75, 3.05) is 20.8 Å². The second kappa shape index (κ2) is 12.0. The Labute approximate surface area is 224 Å². The molecule has 0 aliphatic carbocycles. The molecule has 2 aliphatic rings. The summed E-state index contributed by atoms with van der Waals surface area (Å²) in [6.45, 7) is 5.69. The van der Waals surface area contributed by atoms with E-state index in [-0.39, 0.29) is 31.3 Å².